The normalized spacial score (nSPS) is 12.2. The van der Waals surface area contributed by atoms with E-state index >= 15 is 0 Å². The topological polar surface area (TPSA) is 182 Å². The molecule has 0 fully saturated rings. The van der Waals surface area contributed by atoms with E-state index in [2.05, 4.69) is 0 Å². The zero-order chi connectivity index (χ0) is 27.7. The van der Waals surface area contributed by atoms with Crippen molar-refractivity contribution < 1.29 is 48.4 Å². The van der Waals surface area contributed by atoms with E-state index in [4.69, 9.17) is 14.0 Å². The summed E-state index contributed by atoms with van der Waals surface area (Å²) < 4.78 is 111. The first-order valence-corrected chi connectivity index (χ1v) is 14.8. The molecule has 0 saturated carbocycles. The molecule has 0 unspecified atom stereocenters. The van der Waals surface area contributed by atoms with E-state index in [0.29, 0.717) is 5.75 Å². The molecule has 0 aliphatic heterocycles. The molecule has 4 rings (SSSR count). The largest absolute Gasteiger partial charge is 0.457 e. The number of hydrogen-bond acceptors (Lipinski definition) is 8. The number of hydrogen-bond donors (Lipinski definition) is 3. The van der Waals surface area contributed by atoms with E-state index in [0.717, 1.165) is 36.4 Å². The molecule has 0 aromatic heterocycles. The summed E-state index contributed by atoms with van der Waals surface area (Å²) in [5, 5.41) is 0. The fourth-order valence-electron chi connectivity index (χ4n) is 3.41. The molecular weight excluding hydrogens is 560 g/mol. The van der Waals surface area contributed by atoms with Crippen molar-refractivity contribution in [2.24, 2.45) is 0 Å². The smallest absolute Gasteiger partial charge is 0.295 e. The van der Waals surface area contributed by atoms with Crippen molar-refractivity contribution in [2.75, 3.05) is 0 Å². The molecule has 14 heteroatoms. The third-order valence-corrected chi connectivity index (χ3v) is 7.73. The Hall–Kier alpha value is -3.79. The molecule has 0 aliphatic rings. The quantitative estimate of drug-likeness (QED) is 0.247. The SMILES string of the molecule is O=S(=O)(O)c1ccc(Oc2ccc(S(=O)(=O)O)cc2-c2cc(Oc3ccccc3)ccc2S(=O)(=O)O)cc1. The van der Waals surface area contributed by atoms with Crippen LogP contribution >= 0.6 is 0 Å². The highest BCUT2D eigenvalue weighted by atomic mass is 32.2. The van der Waals surface area contributed by atoms with E-state index in [1.165, 1.54) is 24.3 Å². The van der Waals surface area contributed by atoms with Crippen molar-refractivity contribution in [3.05, 3.63) is 91.0 Å². The van der Waals surface area contributed by atoms with E-state index in [1.807, 2.05) is 0 Å². The minimum atomic E-state index is -4.85. The Labute approximate surface area is 218 Å². The molecule has 11 nitrogen and oxygen atoms in total. The van der Waals surface area contributed by atoms with Crippen molar-refractivity contribution in [3.8, 4) is 34.1 Å². The lowest BCUT2D eigenvalue weighted by Gasteiger charge is -2.16. The second kappa shape index (κ2) is 10.2. The Bertz CT molecular complexity index is 1820. The first-order valence-electron chi connectivity index (χ1n) is 10.4. The monoisotopic (exact) mass is 578 g/mol. The van der Waals surface area contributed by atoms with E-state index in [9.17, 15) is 34.4 Å². The van der Waals surface area contributed by atoms with Crippen molar-refractivity contribution in [3.63, 3.8) is 0 Å². The van der Waals surface area contributed by atoms with Crippen LogP contribution in [0.25, 0.3) is 11.1 Å². The molecule has 4 aromatic rings. The molecule has 198 valence electrons. The van der Waals surface area contributed by atoms with Gasteiger partial charge in [0, 0.05) is 11.1 Å². The van der Waals surface area contributed by atoms with Crippen LogP contribution in [0.1, 0.15) is 0 Å². The van der Waals surface area contributed by atoms with Crippen molar-refractivity contribution in [1.29, 1.82) is 0 Å². The maximum atomic E-state index is 12.2. The molecule has 0 atom stereocenters. The molecule has 0 radical (unpaired) electrons. The van der Waals surface area contributed by atoms with Crippen LogP contribution in [0, 0.1) is 0 Å². The van der Waals surface area contributed by atoms with Gasteiger partial charge >= 0.3 is 0 Å². The lowest BCUT2D eigenvalue weighted by Crippen LogP contribution is -2.04. The van der Waals surface area contributed by atoms with Gasteiger partial charge in [0.15, 0.2) is 0 Å². The maximum Gasteiger partial charge on any atom is 0.295 e. The van der Waals surface area contributed by atoms with E-state index in [-0.39, 0.29) is 28.4 Å². The van der Waals surface area contributed by atoms with Gasteiger partial charge in [0.05, 0.1) is 9.79 Å². The summed E-state index contributed by atoms with van der Waals surface area (Å²) in [7, 11) is -14.1. The molecule has 0 amide bonds. The van der Waals surface area contributed by atoms with Gasteiger partial charge in [-0.3, -0.25) is 13.7 Å². The van der Waals surface area contributed by atoms with Gasteiger partial charge in [0.2, 0.25) is 0 Å². The Morgan fingerprint density at radius 1 is 0.474 bits per heavy atom. The Morgan fingerprint density at radius 3 is 1.61 bits per heavy atom. The molecule has 38 heavy (non-hydrogen) atoms. The van der Waals surface area contributed by atoms with Crippen molar-refractivity contribution in [1.82, 2.24) is 0 Å². The van der Waals surface area contributed by atoms with E-state index < -0.39 is 45.0 Å². The van der Waals surface area contributed by atoms with Gasteiger partial charge in [-0.05, 0) is 72.8 Å². The van der Waals surface area contributed by atoms with Crippen LogP contribution in [0.3, 0.4) is 0 Å². The molecule has 0 aliphatic carbocycles. The second-order valence-electron chi connectivity index (χ2n) is 7.73. The van der Waals surface area contributed by atoms with E-state index in [1.54, 1.807) is 30.3 Å². The highest BCUT2D eigenvalue weighted by Crippen LogP contribution is 2.40. The zero-order valence-corrected chi connectivity index (χ0v) is 21.4. The van der Waals surface area contributed by atoms with Crippen LogP contribution in [0.15, 0.2) is 106 Å². The Balaban J connectivity index is 1.90. The van der Waals surface area contributed by atoms with Crippen LogP contribution in [-0.2, 0) is 30.4 Å². The molecule has 0 heterocycles. The molecule has 0 bridgehead atoms. The molecular formula is C24H18O11S3. The summed E-state index contributed by atoms with van der Waals surface area (Å²) in [5.41, 5.74) is -0.402. The highest BCUT2D eigenvalue weighted by Gasteiger charge is 2.23. The van der Waals surface area contributed by atoms with Gasteiger partial charge in [0.25, 0.3) is 30.4 Å². The summed E-state index contributed by atoms with van der Waals surface area (Å²) in [4.78, 5) is -1.62. The van der Waals surface area contributed by atoms with Gasteiger partial charge in [0.1, 0.15) is 27.9 Å². The van der Waals surface area contributed by atoms with Gasteiger partial charge in [-0.2, -0.15) is 25.3 Å². The molecule has 0 spiro atoms. The maximum absolute atomic E-state index is 12.2. The minimum absolute atomic E-state index is 0.0309. The number of benzene rings is 4. The van der Waals surface area contributed by atoms with Gasteiger partial charge in [-0.25, -0.2) is 0 Å². The summed E-state index contributed by atoms with van der Waals surface area (Å²) in [6.45, 7) is 0. The van der Waals surface area contributed by atoms with Crippen molar-refractivity contribution in [2.45, 2.75) is 14.7 Å². The average molecular weight is 579 g/mol. The van der Waals surface area contributed by atoms with Crippen LogP contribution in [0.2, 0.25) is 0 Å². The third kappa shape index (κ3) is 6.36. The first kappa shape index (κ1) is 27.3. The molecule has 4 aromatic carbocycles. The fraction of sp³-hybridized carbons (Fsp3) is 0. The van der Waals surface area contributed by atoms with Gasteiger partial charge in [-0.15, -0.1) is 0 Å². The third-order valence-electron chi connectivity index (χ3n) is 5.10. The molecule has 3 N–H and O–H groups in total. The molecule has 0 saturated heterocycles. The highest BCUT2D eigenvalue weighted by molar-refractivity contribution is 7.86. The van der Waals surface area contributed by atoms with Crippen LogP contribution < -0.4 is 9.47 Å². The zero-order valence-electron chi connectivity index (χ0n) is 19.0. The lowest BCUT2D eigenvalue weighted by atomic mass is 10.0. The minimum Gasteiger partial charge on any atom is -0.457 e. The van der Waals surface area contributed by atoms with Crippen LogP contribution in [0.4, 0.5) is 0 Å². The predicted molar refractivity (Wildman–Crippen MR) is 134 cm³/mol. The standard InChI is InChI=1S/C24H18O11S3/c25-36(26,27)19-9-6-17(7-10-19)35-23-12-11-20(37(28,29)30)15-21(23)22-14-18(8-13-24(22)38(31,32)33)34-16-4-2-1-3-5-16/h1-15H,(H,25,26,27)(H,28,29,30)(H,31,32,33). The fourth-order valence-corrected chi connectivity index (χ4v) is 5.08. The Kier molecular flexibility index (Phi) is 7.29. The predicted octanol–water partition coefficient (Wildman–Crippen LogP) is 4.68. The summed E-state index contributed by atoms with van der Waals surface area (Å²) in [6, 6.07) is 19.6. The average Bonchev–Trinajstić information content (AvgIpc) is 2.83. The second-order valence-corrected chi connectivity index (χ2v) is 12.0. The van der Waals surface area contributed by atoms with Crippen molar-refractivity contribution >= 4 is 30.4 Å². The van der Waals surface area contributed by atoms with Gasteiger partial charge < -0.3 is 9.47 Å². The van der Waals surface area contributed by atoms with Gasteiger partial charge in [-0.1, -0.05) is 18.2 Å². The number of para-hydroxylation sites is 1. The number of rotatable bonds is 8. The summed E-state index contributed by atoms with van der Waals surface area (Å²) in [6.07, 6.45) is 0. The summed E-state index contributed by atoms with van der Waals surface area (Å²) >= 11 is 0. The van der Waals surface area contributed by atoms with Crippen LogP contribution in [-0.4, -0.2) is 38.9 Å². The number of ether oxygens (including phenoxy) is 2. The summed E-state index contributed by atoms with van der Waals surface area (Å²) in [5.74, 6) is 0.432. The first-order chi connectivity index (χ1) is 17.7. The van der Waals surface area contributed by atoms with Crippen LogP contribution in [0.5, 0.6) is 23.0 Å². The Morgan fingerprint density at radius 2 is 1.03 bits per heavy atom. The lowest BCUT2D eigenvalue weighted by molar-refractivity contribution is 0.477.